The second kappa shape index (κ2) is 11.0. The van der Waals surface area contributed by atoms with Crippen LogP contribution in [0.2, 0.25) is 5.02 Å². The average Bonchev–Trinajstić information content (AvgIpc) is 2.74. The summed E-state index contributed by atoms with van der Waals surface area (Å²) in [6, 6.07) is 15.2. The lowest BCUT2D eigenvalue weighted by Gasteiger charge is -2.34. The molecule has 156 valence electrons. The van der Waals surface area contributed by atoms with E-state index in [9.17, 15) is 4.79 Å². The van der Waals surface area contributed by atoms with Gasteiger partial charge in [-0.1, -0.05) is 23.7 Å². The van der Waals surface area contributed by atoms with Gasteiger partial charge in [0.2, 0.25) is 0 Å². The zero-order valence-electron chi connectivity index (χ0n) is 16.9. The normalized spacial score (nSPS) is 15.1. The largest absolute Gasteiger partial charge is 0.497 e. The van der Waals surface area contributed by atoms with Crippen LogP contribution in [0.1, 0.15) is 12.0 Å². The Morgan fingerprint density at radius 2 is 1.66 bits per heavy atom. The average molecular weight is 417 g/mol. The highest BCUT2D eigenvalue weighted by Crippen LogP contribution is 2.15. The molecule has 0 radical (unpaired) electrons. The molecule has 3 rings (SSSR count). The zero-order valence-corrected chi connectivity index (χ0v) is 17.6. The van der Waals surface area contributed by atoms with Crippen molar-refractivity contribution in [2.45, 2.75) is 13.0 Å². The van der Waals surface area contributed by atoms with Crippen molar-refractivity contribution in [2.75, 3.05) is 51.7 Å². The first-order valence-corrected chi connectivity index (χ1v) is 10.4. The second-order valence-electron chi connectivity index (χ2n) is 7.21. The fourth-order valence-corrected chi connectivity index (χ4v) is 3.50. The van der Waals surface area contributed by atoms with Gasteiger partial charge in [-0.25, -0.2) is 4.79 Å². The number of nitrogens with one attached hydrogen (secondary N) is 2. The molecule has 1 aliphatic rings. The minimum absolute atomic E-state index is 0.178. The van der Waals surface area contributed by atoms with E-state index in [0.717, 1.165) is 62.1 Å². The molecule has 0 atom stereocenters. The molecular formula is C22H29ClN4O2. The summed E-state index contributed by atoms with van der Waals surface area (Å²) in [6.07, 6.45) is 0.938. The Labute approximate surface area is 177 Å². The number of piperazine rings is 1. The summed E-state index contributed by atoms with van der Waals surface area (Å²) in [5.74, 6) is 0.768. The topological polar surface area (TPSA) is 56.8 Å². The Balaban J connectivity index is 1.27. The van der Waals surface area contributed by atoms with Gasteiger partial charge >= 0.3 is 6.03 Å². The Morgan fingerprint density at radius 3 is 2.31 bits per heavy atom. The maximum atomic E-state index is 12.0. The van der Waals surface area contributed by atoms with Crippen molar-refractivity contribution in [1.29, 1.82) is 0 Å². The summed E-state index contributed by atoms with van der Waals surface area (Å²) in [7, 11) is 1.62. The first-order valence-electron chi connectivity index (χ1n) is 10.0. The quantitative estimate of drug-likeness (QED) is 0.644. The monoisotopic (exact) mass is 416 g/mol. The van der Waals surface area contributed by atoms with Gasteiger partial charge in [-0.05, 0) is 54.9 Å². The predicted octanol–water partition coefficient (Wildman–Crippen LogP) is 3.68. The maximum absolute atomic E-state index is 12.0. The first-order chi connectivity index (χ1) is 14.1. The Bertz CT molecular complexity index is 759. The third-order valence-corrected chi connectivity index (χ3v) is 5.32. The fraction of sp³-hybridized carbons (Fsp3) is 0.409. The smallest absolute Gasteiger partial charge is 0.319 e. The van der Waals surface area contributed by atoms with E-state index in [2.05, 4.69) is 32.6 Å². The number of halogens is 1. The maximum Gasteiger partial charge on any atom is 0.319 e. The lowest BCUT2D eigenvalue weighted by Crippen LogP contribution is -2.46. The van der Waals surface area contributed by atoms with E-state index in [-0.39, 0.29) is 6.03 Å². The molecule has 0 unspecified atom stereocenters. The van der Waals surface area contributed by atoms with Gasteiger partial charge in [0.15, 0.2) is 0 Å². The van der Waals surface area contributed by atoms with E-state index in [0.29, 0.717) is 6.54 Å². The van der Waals surface area contributed by atoms with Crippen molar-refractivity contribution in [2.24, 2.45) is 0 Å². The molecule has 6 nitrogen and oxygen atoms in total. The van der Waals surface area contributed by atoms with Crippen LogP contribution in [0, 0.1) is 0 Å². The molecule has 29 heavy (non-hydrogen) atoms. The molecule has 0 aliphatic carbocycles. The van der Waals surface area contributed by atoms with Gasteiger partial charge in [-0.2, -0.15) is 0 Å². The van der Waals surface area contributed by atoms with E-state index < -0.39 is 0 Å². The highest BCUT2D eigenvalue weighted by atomic mass is 35.5. The van der Waals surface area contributed by atoms with Crippen LogP contribution in [0.15, 0.2) is 48.5 Å². The summed E-state index contributed by atoms with van der Waals surface area (Å²) in [5, 5.41) is 6.53. The van der Waals surface area contributed by atoms with Crippen LogP contribution in [-0.4, -0.2) is 62.2 Å². The fourth-order valence-electron chi connectivity index (χ4n) is 3.37. The third-order valence-electron chi connectivity index (χ3n) is 5.07. The van der Waals surface area contributed by atoms with E-state index >= 15 is 0 Å². The van der Waals surface area contributed by atoms with E-state index in [1.54, 1.807) is 7.11 Å². The molecule has 1 fully saturated rings. The number of urea groups is 1. The predicted molar refractivity (Wildman–Crippen MR) is 118 cm³/mol. The van der Waals surface area contributed by atoms with Gasteiger partial charge in [0.05, 0.1) is 7.11 Å². The summed E-state index contributed by atoms with van der Waals surface area (Å²) < 4.78 is 5.11. The highest BCUT2D eigenvalue weighted by Gasteiger charge is 2.16. The summed E-state index contributed by atoms with van der Waals surface area (Å²) >= 11 is 5.95. The summed E-state index contributed by atoms with van der Waals surface area (Å²) in [5.41, 5.74) is 2.05. The van der Waals surface area contributed by atoms with E-state index in [1.807, 2.05) is 36.4 Å². The summed E-state index contributed by atoms with van der Waals surface area (Å²) in [4.78, 5) is 16.9. The number of carbonyl (C=O) groups is 1. The number of nitrogens with zero attached hydrogens (tertiary/aromatic N) is 2. The van der Waals surface area contributed by atoms with Crippen molar-refractivity contribution in [1.82, 2.24) is 15.1 Å². The number of benzene rings is 2. The number of anilines is 1. The van der Waals surface area contributed by atoms with E-state index in [1.165, 1.54) is 5.56 Å². The summed E-state index contributed by atoms with van der Waals surface area (Å²) in [6.45, 7) is 6.88. The van der Waals surface area contributed by atoms with Crippen molar-refractivity contribution in [3.8, 4) is 5.75 Å². The standard InChI is InChI=1S/C22H29ClN4O2/c1-29-21-9-7-20(8-10-21)25-22(28)24-11-2-12-26-13-15-27(16-14-26)17-18-3-5-19(23)6-4-18/h3-10H,2,11-17H2,1H3,(H2,24,25,28). The highest BCUT2D eigenvalue weighted by molar-refractivity contribution is 6.30. The number of ether oxygens (including phenoxy) is 1. The molecule has 0 aromatic heterocycles. The van der Waals surface area contributed by atoms with Gasteiger partial charge in [-0.3, -0.25) is 4.90 Å². The number of hydrogen-bond donors (Lipinski definition) is 2. The van der Waals surface area contributed by atoms with Crippen molar-refractivity contribution < 1.29 is 9.53 Å². The Hall–Kier alpha value is -2.28. The van der Waals surface area contributed by atoms with Gasteiger partial charge in [0, 0.05) is 50.0 Å². The van der Waals surface area contributed by atoms with Gasteiger partial charge in [0.25, 0.3) is 0 Å². The molecule has 1 aliphatic heterocycles. The third kappa shape index (κ3) is 7.24. The Kier molecular flexibility index (Phi) is 8.16. The molecule has 0 spiro atoms. The molecule has 0 bridgehead atoms. The molecule has 0 saturated carbocycles. The first kappa shape index (κ1) is 21.4. The van der Waals surface area contributed by atoms with Crippen molar-refractivity contribution in [3.05, 3.63) is 59.1 Å². The zero-order chi connectivity index (χ0) is 20.5. The molecule has 2 amide bonds. The molecule has 2 aromatic rings. The lowest BCUT2D eigenvalue weighted by atomic mass is 10.2. The number of rotatable bonds is 8. The van der Waals surface area contributed by atoms with Crippen LogP contribution in [0.5, 0.6) is 5.75 Å². The number of methoxy groups -OCH3 is 1. The molecule has 1 heterocycles. The number of hydrogen-bond acceptors (Lipinski definition) is 4. The SMILES string of the molecule is COc1ccc(NC(=O)NCCCN2CCN(Cc3ccc(Cl)cc3)CC2)cc1. The van der Waals surface area contributed by atoms with Crippen LogP contribution in [0.25, 0.3) is 0 Å². The molecule has 1 saturated heterocycles. The second-order valence-corrected chi connectivity index (χ2v) is 7.64. The number of carbonyl (C=O) groups excluding carboxylic acids is 1. The lowest BCUT2D eigenvalue weighted by molar-refractivity contribution is 0.126. The van der Waals surface area contributed by atoms with Gasteiger partial charge < -0.3 is 20.3 Å². The van der Waals surface area contributed by atoms with Crippen LogP contribution in [-0.2, 0) is 6.54 Å². The Morgan fingerprint density at radius 1 is 1.00 bits per heavy atom. The minimum atomic E-state index is -0.178. The van der Waals surface area contributed by atoms with Crippen LogP contribution < -0.4 is 15.4 Å². The molecule has 2 N–H and O–H groups in total. The van der Waals surface area contributed by atoms with Gasteiger partial charge in [-0.15, -0.1) is 0 Å². The van der Waals surface area contributed by atoms with Crippen molar-refractivity contribution in [3.63, 3.8) is 0 Å². The minimum Gasteiger partial charge on any atom is -0.497 e. The number of amides is 2. The van der Waals surface area contributed by atoms with Gasteiger partial charge in [0.1, 0.15) is 5.75 Å². The molecular weight excluding hydrogens is 388 g/mol. The van der Waals surface area contributed by atoms with E-state index in [4.69, 9.17) is 16.3 Å². The van der Waals surface area contributed by atoms with Crippen LogP contribution in [0.4, 0.5) is 10.5 Å². The van der Waals surface area contributed by atoms with Crippen LogP contribution >= 0.6 is 11.6 Å². The van der Waals surface area contributed by atoms with Crippen molar-refractivity contribution >= 4 is 23.3 Å². The van der Waals surface area contributed by atoms with Crippen LogP contribution in [0.3, 0.4) is 0 Å². The molecule has 7 heteroatoms. The molecule has 2 aromatic carbocycles.